The van der Waals surface area contributed by atoms with Crippen LogP contribution in [0.15, 0.2) is 18.3 Å². The van der Waals surface area contributed by atoms with Gasteiger partial charge < -0.3 is 9.84 Å². The van der Waals surface area contributed by atoms with Crippen molar-refractivity contribution in [1.82, 2.24) is 14.6 Å². The summed E-state index contributed by atoms with van der Waals surface area (Å²) in [4.78, 5) is 10.9. The molecule has 0 saturated carbocycles. The number of carboxylic acids is 1. The second-order valence-electron chi connectivity index (χ2n) is 4.42. The van der Waals surface area contributed by atoms with E-state index in [9.17, 15) is 4.79 Å². The monoisotopic (exact) mass is 247 g/mol. The van der Waals surface area contributed by atoms with E-state index >= 15 is 0 Å². The van der Waals surface area contributed by atoms with Crippen molar-refractivity contribution in [2.45, 2.75) is 18.8 Å². The van der Waals surface area contributed by atoms with Gasteiger partial charge in [0.25, 0.3) is 0 Å². The first-order chi connectivity index (χ1) is 8.75. The van der Waals surface area contributed by atoms with E-state index in [-0.39, 0.29) is 11.5 Å². The summed E-state index contributed by atoms with van der Waals surface area (Å²) in [5, 5.41) is 17.1. The zero-order valence-electron chi connectivity index (χ0n) is 9.74. The van der Waals surface area contributed by atoms with Crippen LogP contribution in [0.25, 0.3) is 5.65 Å². The molecule has 2 aromatic heterocycles. The van der Waals surface area contributed by atoms with Gasteiger partial charge in [-0.15, -0.1) is 10.2 Å². The van der Waals surface area contributed by atoms with Crippen molar-refractivity contribution in [2.24, 2.45) is 0 Å². The molecule has 6 heteroatoms. The number of fused-ring (bicyclic) bond motifs is 1. The Morgan fingerprint density at radius 2 is 2.39 bits per heavy atom. The third kappa shape index (κ3) is 1.84. The van der Waals surface area contributed by atoms with E-state index in [1.165, 1.54) is 6.07 Å². The first-order valence-corrected chi connectivity index (χ1v) is 5.91. The molecule has 1 aliphatic rings. The minimum Gasteiger partial charge on any atom is -0.478 e. The minimum atomic E-state index is -0.956. The predicted octanol–water partition coefficient (Wildman–Crippen LogP) is 1.32. The lowest BCUT2D eigenvalue weighted by molar-refractivity contribution is 0.0696. The summed E-state index contributed by atoms with van der Waals surface area (Å²) in [5.41, 5.74) is 0.789. The standard InChI is InChI=1S/C12H13N3O3/c16-12(17)8-3-4-15-10(6-8)13-14-11(15)9-2-1-5-18-7-9/h3-4,6,9H,1-2,5,7H2,(H,16,17). The molecule has 1 atom stereocenters. The molecule has 0 bridgehead atoms. The van der Waals surface area contributed by atoms with Crippen LogP contribution in [-0.4, -0.2) is 38.9 Å². The zero-order valence-corrected chi connectivity index (χ0v) is 9.74. The van der Waals surface area contributed by atoms with Crippen LogP contribution in [0.5, 0.6) is 0 Å². The molecule has 1 fully saturated rings. The van der Waals surface area contributed by atoms with E-state index < -0.39 is 5.97 Å². The number of carbonyl (C=O) groups is 1. The largest absolute Gasteiger partial charge is 0.478 e. The highest BCUT2D eigenvalue weighted by atomic mass is 16.5. The Hall–Kier alpha value is -1.95. The highest BCUT2D eigenvalue weighted by Crippen LogP contribution is 2.24. The van der Waals surface area contributed by atoms with E-state index in [1.54, 1.807) is 12.3 Å². The summed E-state index contributed by atoms with van der Waals surface area (Å²) in [5.74, 6) is 0.133. The number of nitrogens with zero attached hydrogens (tertiary/aromatic N) is 3. The molecule has 94 valence electrons. The van der Waals surface area contributed by atoms with Gasteiger partial charge in [0.05, 0.1) is 12.2 Å². The van der Waals surface area contributed by atoms with Crippen LogP contribution in [0.3, 0.4) is 0 Å². The average molecular weight is 247 g/mol. The summed E-state index contributed by atoms with van der Waals surface area (Å²) < 4.78 is 7.28. The Bertz CT molecular complexity index is 587. The van der Waals surface area contributed by atoms with Gasteiger partial charge in [-0.3, -0.25) is 4.40 Å². The van der Waals surface area contributed by atoms with Crippen LogP contribution in [0, 0.1) is 0 Å². The van der Waals surface area contributed by atoms with Gasteiger partial charge in [0.15, 0.2) is 5.65 Å². The molecule has 18 heavy (non-hydrogen) atoms. The minimum absolute atomic E-state index is 0.223. The first kappa shape index (κ1) is 11.2. The maximum Gasteiger partial charge on any atom is 0.335 e. The van der Waals surface area contributed by atoms with E-state index in [1.807, 2.05) is 4.40 Å². The van der Waals surface area contributed by atoms with Crippen LogP contribution in [0.4, 0.5) is 0 Å². The molecule has 1 aliphatic heterocycles. The molecule has 0 radical (unpaired) electrons. The molecular formula is C12H13N3O3. The molecule has 0 amide bonds. The maximum absolute atomic E-state index is 10.9. The van der Waals surface area contributed by atoms with Crippen molar-refractivity contribution in [2.75, 3.05) is 13.2 Å². The first-order valence-electron chi connectivity index (χ1n) is 5.91. The lowest BCUT2D eigenvalue weighted by atomic mass is 10.0. The number of hydrogen-bond acceptors (Lipinski definition) is 4. The molecule has 6 nitrogen and oxygen atoms in total. The van der Waals surface area contributed by atoms with E-state index in [4.69, 9.17) is 9.84 Å². The molecule has 3 heterocycles. The molecule has 1 N–H and O–H groups in total. The average Bonchev–Trinajstić information content (AvgIpc) is 2.82. The summed E-state index contributed by atoms with van der Waals surface area (Å²) in [6, 6.07) is 3.09. The number of carboxylic acid groups (broad SMARTS) is 1. The van der Waals surface area contributed by atoms with Crippen molar-refractivity contribution < 1.29 is 14.6 Å². The van der Waals surface area contributed by atoms with Crippen LogP contribution >= 0.6 is 0 Å². The van der Waals surface area contributed by atoms with Crippen molar-refractivity contribution in [3.05, 3.63) is 29.7 Å². The Labute approximate surface area is 103 Å². The van der Waals surface area contributed by atoms with Crippen LogP contribution in [-0.2, 0) is 4.74 Å². The number of ether oxygens (including phenoxy) is 1. The van der Waals surface area contributed by atoms with Gasteiger partial charge in [-0.2, -0.15) is 0 Å². The fourth-order valence-electron chi connectivity index (χ4n) is 2.27. The van der Waals surface area contributed by atoms with Gasteiger partial charge in [-0.05, 0) is 25.0 Å². The summed E-state index contributed by atoms with van der Waals surface area (Å²) in [7, 11) is 0. The molecule has 3 rings (SSSR count). The fourth-order valence-corrected chi connectivity index (χ4v) is 2.27. The van der Waals surface area contributed by atoms with Gasteiger partial charge in [0.2, 0.25) is 0 Å². The summed E-state index contributed by atoms with van der Waals surface area (Å²) in [6.07, 6.45) is 3.76. The van der Waals surface area contributed by atoms with Gasteiger partial charge in [0, 0.05) is 18.7 Å². The summed E-state index contributed by atoms with van der Waals surface area (Å²) >= 11 is 0. The smallest absolute Gasteiger partial charge is 0.335 e. The SMILES string of the molecule is O=C(O)c1ccn2c(C3CCCOC3)nnc2c1. The van der Waals surface area contributed by atoms with Crippen molar-refractivity contribution in [3.8, 4) is 0 Å². The maximum atomic E-state index is 10.9. The second kappa shape index (κ2) is 4.38. The van der Waals surface area contributed by atoms with Gasteiger partial charge in [-0.25, -0.2) is 4.79 Å². The Morgan fingerprint density at radius 3 is 3.11 bits per heavy atom. The zero-order chi connectivity index (χ0) is 12.5. The van der Waals surface area contributed by atoms with Crippen LogP contribution < -0.4 is 0 Å². The highest BCUT2D eigenvalue weighted by molar-refractivity contribution is 5.88. The lowest BCUT2D eigenvalue weighted by Crippen LogP contribution is -2.17. The topological polar surface area (TPSA) is 76.7 Å². The molecule has 0 aromatic carbocycles. The van der Waals surface area contributed by atoms with E-state index in [0.717, 1.165) is 25.3 Å². The van der Waals surface area contributed by atoms with Crippen LogP contribution in [0.2, 0.25) is 0 Å². The number of aromatic carboxylic acids is 1. The quantitative estimate of drug-likeness (QED) is 0.866. The van der Waals surface area contributed by atoms with Crippen LogP contribution in [0.1, 0.15) is 34.9 Å². The Morgan fingerprint density at radius 1 is 1.50 bits per heavy atom. The lowest BCUT2D eigenvalue weighted by Gasteiger charge is -2.20. The van der Waals surface area contributed by atoms with Gasteiger partial charge >= 0.3 is 5.97 Å². The van der Waals surface area contributed by atoms with Crippen molar-refractivity contribution in [3.63, 3.8) is 0 Å². The van der Waals surface area contributed by atoms with Gasteiger partial charge in [-0.1, -0.05) is 0 Å². The Balaban J connectivity index is 2.01. The number of rotatable bonds is 2. The van der Waals surface area contributed by atoms with Crippen molar-refractivity contribution in [1.29, 1.82) is 0 Å². The molecule has 0 aliphatic carbocycles. The summed E-state index contributed by atoms with van der Waals surface area (Å²) in [6.45, 7) is 1.46. The molecular weight excluding hydrogens is 234 g/mol. The number of aromatic nitrogens is 3. The number of hydrogen-bond donors (Lipinski definition) is 1. The molecule has 1 unspecified atom stereocenters. The molecule has 0 spiro atoms. The fraction of sp³-hybridized carbons (Fsp3) is 0.417. The second-order valence-corrected chi connectivity index (χ2v) is 4.42. The normalized spacial score (nSPS) is 20.1. The molecule has 1 saturated heterocycles. The third-order valence-corrected chi connectivity index (χ3v) is 3.21. The van der Waals surface area contributed by atoms with E-state index in [0.29, 0.717) is 12.3 Å². The van der Waals surface area contributed by atoms with Crippen molar-refractivity contribution >= 4 is 11.6 Å². The van der Waals surface area contributed by atoms with E-state index in [2.05, 4.69) is 10.2 Å². The Kier molecular flexibility index (Phi) is 2.71. The third-order valence-electron chi connectivity index (χ3n) is 3.21. The highest BCUT2D eigenvalue weighted by Gasteiger charge is 2.21. The predicted molar refractivity (Wildman–Crippen MR) is 62.7 cm³/mol. The van der Waals surface area contributed by atoms with Gasteiger partial charge in [0.1, 0.15) is 5.82 Å². The number of pyridine rings is 1. The molecule has 2 aromatic rings.